The van der Waals surface area contributed by atoms with Crippen LogP contribution in [0.1, 0.15) is 25.8 Å². The van der Waals surface area contributed by atoms with Gasteiger partial charge in [-0.1, -0.05) is 6.92 Å². The van der Waals surface area contributed by atoms with E-state index >= 15 is 0 Å². The van der Waals surface area contributed by atoms with Gasteiger partial charge >= 0.3 is 0 Å². The van der Waals surface area contributed by atoms with Crippen LogP contribution in [-0.2, 0) is 6.54 Å². The zero-order valence-electron chi connectivity index (χ0n) is 10.6. The van der Waals surface area contributed by atoms with E-state index in [-0.39, 0.29) is 0 Å². The van der Waals surface area contributed by atoms with Gasteiger partial charge in [-0.25, -0.2) is 4.99 Å². The molecule has 1 aliphatic rings. The summed E-state index contributed by atoms with van der Waals surface area (Å²) in [4.78, 5) is 4.52. The zero-order valence-corrected chi connectivity index (χ0v) is 10.6. The van der Waals surface area contributed by atoms with E-state index in [0.717, 1.165) is 36.4 Å². The molecule has 0 aromatic carbocycles. The Kier molecular flexibility index (Phi) is 4.07. The van der Waals surface area contributed by atoms with Gasteiger partial charge in [0.25, 0.3) is 0 Å². The number of aliphatic imine (C=N–C) groups is 1. The van der Waals surface area contributed by atoms with Gasteiger partial charge in [0, 0.05) is 18.7 Å². The van der Waals surface area contributed by atoms with Crippen molar-refractivity contribution in [3.63, 3.8) is 0 Å². The second-order valence-electron chi connectivity index (χ2n) is 4.68. The SMILES string of the molecule is CCNC(=NCc1ccoc1)NCC1CC1C. The molecule has 2 atom stereocenters. The van der Waals surface area contributed by atoms with Gasteiger partial charge in [-0.15, -0.1) is 0 Å². The zero-order chi connectivity index (χ0) is 12.1. The highest BCUT2D eigenvalue weighted by molar-refractivity contribution is 5.79. The quantitative estimate of drug-likeness (QED) is 0.606. The van der Waals surface area contributed by atoms with Crippen molar-refractivity contribution in [2.75, 3.05) is 13.1 Å². The smallest absolute Gasteiger partial charge is 0.191 e. The predicted molar refractivity (Wildman–Crippen MR) is 68.8 cm³/mol. The summed E-state index contributed by atoms with van der Waals surface area (Å²) < 4.78 is 5.02. The van der Waals surface area contributed by atoms with Crippen LogP contribution in [-0.4, -0.2) is 19.0 Å². The lowest BCUT2D eigenvalue weighted by atomic mass is 10.3. The highest BCUT2D eigenvalue weighted by Crippen LogP contribution is 2.36. The fraction of sp³-hybridized carbons (Fsp3) is 0.615. The average Bonchev–Trinajstić information content (AvgIpc) is 2.82. The van der Waals surface area contributed by atoms with Crippen molar-refractivity contribution in [2.24, 2.45) is 16.8 Å². The Hall–Kier alpha value is -1.45. The summed E-state index contributed by atoms with van der Waals surface area (Å²) in [6.45, 7) is 6.94. The van der Waals surface area contributed by atoms with Crippen molar-refractivity contribution < 1.29 is 4.42 Å². The molecule has 1 heterocycles. The molecule has 0 spiro atoms. The predicted octanol–water partition coefficient (Wildman–Crippen LogP) is 1.99. The molecule has 4 nitrogen and oxygen atoms in total. The molecule has 0 saturated heterocycles. The first-order valence-corrected chi connectivity index (χ1v) is 6.33. The van der Waals surface area contributed by atoms with Crippen molar-refractivity contribution in [3.8, 4) is 0 Å². The maximum absolute atomic E-state index is 5.02. The van der Waals surface area contributed by atoms with Crippen molar-refractivity contribution in [1.29, 1.82) is 0 Å². The molecular weight excluding hydrogens is 214 g/mol. The molecular formula is C13H21N3O. The van der Waals surface area contributed by atoms with E-state index in [4.69, 9.17) is 4.42 Å². The van der Waals surface area contributed by atoms with Crippen LogP contribution in [0.4, 0.5) is 0 Å². The van der Waals surface area contributed by atoms with Crippen LogP contribution in [0, 0.1) is 11.8 Å². The van der Waals surface area contributed by atoms with E-state index in [0.29, 0.717) is 6.54 Å². The van der Waals surface area contributed by atoms with Crippen LogP contribution >= 0.6 is 0 Å². The van der Waals surface area contributed by atoms with E-state index in [9.17, 15) is 0 Å². The maximum Gasteiger partial charge on any atom is 0.191 e. The fourth-order valence-electron chi connectivity index (χ4n) is 1.81. The standard InChI is InChI=1S/C13H21N3O/c1-3-14-13(16-8-12-6-10(12)2)15-7-11-4-5-17-9-11/h4-5,9-10,12H,3,6-8H2,1-2H3,(H2,14,15,16). The lowest BCUT2D eigenvalue weighted by Gasteiger charge is -2.10. The largest absolute Gasteiger partial charge is 0.472 e. The Balaban J connectivity index is 1.80. The van der Waals surface area contributed by atoms with Crippen LogP contribution < -0.4 is 10.6 Å². The summed E-state index contributed by atoms with van der Waals surface area (Å²) in [5.41, 5.74) is 1.10. The minimum Gasteiger partial charge on any atom is -0.472 e. The van der Waals surface area contributed by atoms with E-state index in [1.807, 2.05) is 6.07 Å². The lowest BCUT2D eigenvalue weighted by molar-refractivity contribution is 0.564. The third kappa shape index (κ3) is 3.80. The molecule has 1 fully saturated rings. The molecule has 1 aliphatic carbocycles. The Labute approximate surface area is 102 Å². The maximum atomic E-state index is 5.02. The Bertz CT molecular complexity index is 359. The summed E-state index contributed by atoms with van der Waals surface area (Å²) in [7, 11) is 0. The average molecular weight is 235 g/mol. The molecule has 2 unspecified atom stereocenters. The van der Waals surface area contributed by atoms with Crippen molar-refractivity contribution in [3.05, 3.63) is 24.2 Å². The van der Waals surface area contributed by atoms with E-state index in [1.54, 1.807) is 12.5 Å². The van der Waals surface area contributed by atoms with Gasteiger partial charge in [0.05, 0.1) is 19.1 Å². The Morgan fingerprint density at radius 3 is 2.94 bits per heavy atom. The number of hydrogen-bond donors (Lipinski definition) is 2. The van der Waals surface area contributed by atoms with Gasteiger partial charge < -0.3 is 15.1 Å². The van der Waals surface area contributed by atoms with Gasteiger partial charge in [-0.3, -0.25) is 0 Å². The summed E-state index contributed by atoms with van der Waals surface area (Å²) >= 11 is 0. The molecule has 0 aliphatic heterocycles. The van der Waals surface area contributed by atoms with Gasteiger partial charge in [0.1, 0.15) is 0 Å². The normalized spacial score (nSPS) is 23.5. The monoisotopic (exact) mass is 235 g/mol. The van der Waals surface area contributed by atoms with Crippen LogP contribution in [0.5, 0.6) is 0 Å². The molecule has 0 radical (unpaired) electrons. The molecule has 4 heteroatoms. The number of rotatable bonds is 5. The first kappa shape index (κ1) is 12.0. The number of guanidine groups is 1. The fourth-order valence-corrected chi connectivity index (χ4v) is 1.81. The second-order valence-corrected chi connectivity index (χ2v) is 4.68. The van der Waals surface area contributed by atoms with E-state index in [2.05, 4.69) is 29.5 Å². The second kappa shape index (κ2) is 5.75. The molecule has 1 aromatic rings. The minimum absolute atomic E-state index is 0.659. The molecule has 1 aromatic heterocycles. The van der Waals surface area contributed by atoms with Gasteiger partial charge in [-0.2, -0.15) is 0 Å². The van der Waals surface area contributed by atoms with Gasteiger partial charge in [-0.05, 0) is 31.2 Å². The van der Waals surface area contributed by atoms with Crippen LogP contribution in [0.25, 0.3) is 0 Å². The van der Waals surface area contributed by atoms with Crippen LogP contribution in [0.15, 0.2) is 28.0 Å². The highest BCUT2D eigenvalue weighted by atomic mass is 16.3. The number of nitrogens with zero attached hydrogens (tertiary/aromatic N) is 1. The van der Waals surface area contributed by atoms with Crippen molar-refractivity contribution >= 4 is 5.96 Å². The van der Waals surface area contributed by atoms with Crippen molar-refractivity contribution in [1.82, 2.24) is 10.6 Å². The number of nitrogens with one attached hydrogen (secondary N) is 2. The molecule has 2 rings (SSSR count). The third-order valence-corrected chi connectivity index (χ3v) is 3.15. The summed E-state index contributed by atoms with van der Waals surface area (Å²) in [6.07, 6.45) is 4.75. The lowest BCUT2D eigenvalue weighted by Crippen LogP contribution is -2.38. The minimum atomic E-state index is 0.659. The molecule has 0 bridgehead atoms. The molecule has 17 heavy (non-hydrogen) atoms. The van der Waals surface area contributed by atoms with Crippen LogP contribution in [0.3, 0.4) is 0 Å². The van der Waals surface area contributed by atoms with E-state index < -0.39 is 0 Å². The van der Waals surface area contributed by atoms with Gasteiger partial charge in [0.2, 0.25) is 0 Å². The van der Waals surface area contributed by atoms with Crippen LogP contribution in [0.2, 0.25) is 0 Å². The number of furan rings is 1. The summed E-state index contributed by atoms with van der Waals surface area (Å²) in [6, 6.07) is 1.94. The summed E-state index contributed by atoms with van der Waals surface area (Å²) in [5.74, 6) is 2.60. The molecule has 0 amide bonds. The molecule has 94 valence electrons. The summed E-state index contributed by atoms with van der Waals surface area (Å²) in [5, 5.41) is 6.64. The first-order valence-electron chi connectivity index (χ1n) is 6.33. The third-order valence-electron chi connectivity index (χ3n) is 3.15. The highest BCUT2D eigenvalue weighted by Gasteiger charge is 2.32. The Morgan fingerprint density at radius 1 is 1.53 bits per heavy atom. The van der Waals surface area contributed by atoms with Crippen molar-refractivity contribution in [2.45, 2.75) is 26.8 Å². The Morgan fingerprint density at radius 2 is 2.35 bits per heavy atom. The number of hydrogen-bond acceptors (Lipinski definition) is 2. The topological polar surface area (TPSA) is 49.6 Å². The first-order chi connectivity index (χ1) is 8.29. The van der Waals surface area contributed by atoms with E-state index in [1.165, 1.54) is 6.42 Å². The van der Waals surface area contributed by atoms with Gasteiger partial charge in [0.15, 0.2) is 5.96 Å². The molecule has 2 N–H and O–H groups in total. The molecule has 1 saturated carbocycles.